The number of thioether (sulfide) groups is 1. The molecule has 0 aliphatic rings. The fourth-order valence-corrected chi connectivity index (χ4v) is 2.37. The number of hydrogen-bond acceptors (Lipinski definition) is 5. The molecule has 0 radical (unpaired) electrons. The summed E-state index contributed by atoms with van der Waals surface area (Å²) in [6, 6.07) is 5.66. The van der Waals surface area contributed by atoms with Gasteiger partial charge in [-0.15, -0.1) is 5.10 Å². The second-order valence-corrected chi connectivity index (χ2v) is 5.23. The number of isocyanates is 1. The lowest BCUT2D eigenvalue weighted by molar-refractivity contribution is -0.0328. The Morgan fingerprint density at radius 3 is 2.77 bits per heavy atom. The van der Waals surface area contributed by atoms with E-state index in [1.165, 1.54) is 29.0 Å². The lowest BCUT2D eigenvalue weighted by atomic mass is 10.2. The highest BCUT2D eigenvalue weighted by Crippen LogP contribution is 2.41. The molecule has 1 heterocycles. The lowest BCUT2D eigenvalue weighted by Crippen LogP contribution is -2.04. The van der Waals surface area contributed by atoms with E-state index in [1.807, 2.05) is 0 Å². The van der Waals surface area contributed by atoms with Crippen LogP contribution in [-0.4, -0.2) is 21.4 Å². The van der Waals surface area contributed by atoms with Gasteiger partial charge in [0.1, 0.15) is 6.61 Å². The van der Waals surface area contributed by atoms with Gasteiger partial charge in [0, 0.05) is 29.8 Å². The standard InChI is InChI=1S/C13H10F3N3O2S/c1-19-6-5-12(18-19)21-7-9-10(17-8-20)3-2-4-11(9)22-13(14,15)16/h2-6H,7H2,1H3. The van der Waals surface area contributed by atoms with Crippen LogP contribution in [0.1, 0.15) is 5.56 Å². The predicted octanol–water partition coefficient (Wildman–Crippen LogP) is 3.58. The van der Waals surface area contributed by atoms with Crippen LogP contribution < -0.4 is 4.74 Å². The molecule has 0 unspecified atom stereocenters. The zero-order valence-electron chi connectivity index (χ0n) is 11.3. The van der Waals surface area contributed by atoms with Crippen LogP contribution in [0.2, 0.25) is 0 Å². The van der Waals surface area contributed by atoms with Gasteiger partial charge in [0.25, 0.3) is 0 Å². The average Bonchev–Trinajstić information content (AvgIpc) is 2.82. The van der Waals surface area contributed by atoms with Gasteiger partial charge in [0.15, 0.2) is 0 Å². The third kappa shape index (κ3) is 4.37. The maximum absolute atomic E-state index is 12.6. The first-order valence-corrected chi connectivity index (χ1v) is 6.78. The zero-order chi connectivity index (χ0) is 16.2. The molecule has 0 spiro atoms. The molecule has 2 rings (SSSR count). The van der Waals surface area contributed by atoms with Crippen molar-refractivity contribution in [2.45, 2.75) is 17.0 Å². The number of hydrogen-bond donors (Lipinski definition) is 0. The Kier molecular flexibility index (Phi) is 4.89. The number of rotatable bonds is 5. The highest BCUT2D eigenvalue weighted by molar-refractivity contribution is 8.00. The number of aromatic nitrogens is 2. The summed E-state index contributed by atoms with van der Waals surface area (Å²) in [5.41, 5.74) is -4.22. The van der Waals surface area contributed by atoms with Crippen LogP contribution in [0, 0.1) is 0 Å². The quantitative estimate of drug-likeness (QED) is 0.478. The smallest absolute Gasteiger partial charge is 0.446 e. The van der Waals surface area contributed by atoms with Crippen molar-refractivity contribution in [3.05, 3.63) is 36.0 Å². The Morgan fingerprint density at radius 1 is 1.41 bits per heavy atom. The summed E-state index contributed by atoms with van der Waals surface area (Å²) in [6.07, 6.45) is 2.96. The Balaban J connectivity index is 2.30. The summed E-state index contributed by atoms with van der Waals surface area (Å²) in [7, 11) is 1.68. The average molecular weight is 329 g/mol. The number of nitrogens with zero attached hydrogens (tertiary/aromatic N) is 3. The van der Waals surface area contributed by atoms with Crippen LogP contribution in [0.15, 0.2) is 40.4 Å². The minimum atomic E-state index is -4.46. The van der Waals surface area contributed by atoms with Gasteiger partial charge >= 0.3 is 5.51 Å². The van der Waals surface area contributed by atoms with Gasteiger partial charge in [-0.2, -0.15) is 18.2 Å². The fourth-order valence-electron chi connectivity index (χ4n) is 1.69. The van der Waals surface area contributed by atoms with Gasteiger partial charge in [-0.1, -0.05) is 6.07 Å². The highest BCUT2D eigenvalue weighted by atomic mass is 32.2. The van der Waals surface area contributed by atoms with E-state index in [2.05, 4.69) is 10.1 Å². The van der Waals surface area contributed by atoms with Crippen molar-refractivity contribution in [3.8, 4) is 5.88 Å². The van der Waals surface area contributed by atoms with E-state index in [4.69, 9.17) is 4.74 Å². The van der Waals surface area contributed by atoms with Gasteiger partial charge in [-0.05, 0) is 23.9 Å². The molecule has 0 amide bonds. The van der Waals surface area contributed by atoms with Gasteiger partial charge in [0.2, 0.25) is 12.0 Å². The number of aryl methyl sites for hydroxylation is 1. The monoisotopic (exact) mass is 329 g/mol. The summed E-state index contributed by atoms with van der Waals surface area (Å²) in [4.78, 5) is 13.8. The van der Waals surface area contributed by atoms with Crippen molar-refractivity contribution in [2.75, 3.05) is 0 Å². The maximum atomic E-state index is 12.6. The number of aliphatic imine (C=N–C) groups is 1. The number of halogens is 3. The molecule has 2 aromatic rings. The van der Waals surface area contributed by atoms with Crippen LogP contribution in [-0.2, 0) is 18.4 Å². The van der Waals surface area contributed by atoms with Crippen molar-refractivity contribution >= 4 is 23.5 Å². The minimum Gasteiger partial charge on any atom is -0.472 e. The predicted molar refractivity (Wildman–Crippen MR) is 73.7 cm³/mol. The molecule has 0 atom stereocenters. The van der Waals surface area contributed by atoms with Gasteiger partial charge in [-0.3, -0.25) is 4.68 Å². The fraction of sp³-hybridized carbons (Fsp3) is 0.231. The van der Waals surface area contributed by atoms with Crippen LogP contribution in [0.25, 0.3) is 0 Å². The van der Waals surface area contributed by atoms with E-state index >= 15 is 0 Å². The molecule has 0 fully saturated rings. The number of alkyl halides is 3. The number of carbonyl (C=O) groups excluding carboxylic acids is 1. The normalized spacial score (nSPS) is 11.1. The molecule has 22 heavy (non-hydrogen) atoms. The van der Waals surface area contributed by atoms with Gasteiger partial charge in [-0.25, -0.2) is 4.79 Å². The van der Waals surface area contributed by atoms with Crippen LogP contribution in [0.4, 0.5) is 18.9 Å². The van der Waals surface area contributed by atoms with E-state index in [-0.39, 0.29) is 40.4 Å². The van der Waals surface area contributed by atoms with E-state index in [0.29, 0.717) is 0 Å². The first-order valence-electron chi connectivity index (χ1n) is 5.97. The second kappa shape index (κ2) is 6.67. The maximum Gasteiger partial charge on any atom is 0.446 e. The van der Waals surface area contributed by atoms with E-state index in [1.54, 1.807) is 19.3 Å². The summed E-state index contributed by atoms with van der Waals surface area (Å²) < 4.78 is 44.7. The Bertz CT molecular complexity index is 709. The molecule has 1 aromatic heterocycles. The summed E-state index contributed by atoms with van der Waals surface area (Å²) in [5.74, 6) is 0.260. The molecule has 0 bridgehead atoms. The second-order valence-electron chi connectivity index (χ2n) is 4.12. The van der Waals surface area contributed by atoms with Crippen molar-refractivity contribution in [1.82, 2.24) is 9.78 Å². The molecule has 0 N–H and O–H groups in total. The van der Waals surface area contributed by atoms with Crippen LogP contribution in [0.5, 0.6) is 5.88 Å². The molecule has 116 valence electrons. The molecule has 0 aliphatic carbocycles. The first kappa shape index (κ1) is 16.1. The molecule has 1 aromatic carbocycles. The first-order chi connectivity index (χ1) is 10.4. The van der Waals surface area contributed by atoms with Gasteiger partial charge in [0.05, 0.1) is 5.69 Å². The SMILES string of the molecule is Cn1ccc(OCc2c(N=C=O)cccc2SC(F)(F)F)n1. The Labute approximate surface area is 127 Å². The summed E-state index contributed by atoms with van der Waals surface area (Å²) >= 11 is -0.288. The minimum absolute atomic E-state index is 0.0834. The molecular formula is C13H10F3N3O2S. The van der Waals surface area contributed by atoms with Crippen molar-refractivity contribution in [2.24, 2.45) is 12.0 Å². The van der Waals surface area contributed by atoms with E-state index in [0.717, 1.165) is 0 Å². The Morgan fingerprint density at radius 2 is 2.18 bits per heavy atom. The third-order valence-electron chi connectivity index (χ3n) is 2.55. The van der Waals surface area contributed by atoms with Gasteiger partial charge < -0.3 is 4.74 Å². The van der Waals surface area contributed by atoms with Crippen molar-refractivity contribution < 1.29 is 22.7 Å². The number of benzene rings is 1. The van der Waals surface area contributed by atoms with E-state index in [9.17, 15) is 18.0 Å². The molecular weight excluding hydrogens is 319 g/mol. The van der Waals surface area contributed by atoms with Crippen LogP contribution in [0.3, 0.4) is 0 Å². The zero-order valence-corrected chi connectivity index (χ0v) is 12.1. The molecule has 0 aliphatic heterocycles. The molecule has 0 saturated heterocycles. The lowest BCUT2D eigenvalue weighted by Gasteiger charge is -2.13. The summed E-state index contributed by atoms with van der Waals surface area (Å²) in [5, 5.41) is 3.96. The largest absolute Gasteiger partial charge is 0.472 e. The van der Waals surface area contributed by atoms with Crippen molar-refractivity contribution in [3.63, 3.8) is 0 Å². The highest BCUT2D eigenvalue weighted by Gasteiger charge is 2.31. The Hall–Kier alpha value is -2.25. The number of ether oxygens (including phenoxy) is 1. The van der Waals surface area contributed by atoms with E-state index < -0.39 is 5.51 Å². The topological polar surface area (TPSA) is 56.5 Å². The summed E-state index contributed by atoms with van der Waals surface area (Å²) in [6.45, 7) is -0.198. The molecule has 5 nitrogen and oxygen atoms in total. The molecule has 9 heteroatoms. The van der Waals surface area contributed by atoms with Crippen LogP contribution >= 0.6 is 11.8 Å². The van der Waals surface area contributed by atoms with Crippen molar-refractivity contribution in [1.29, 1.82) is 0 Å². The third-order valence-corrected chi connectivity index (χ3v) is 3.39. The molecule has 0 saturated carbocycles.